The maximum atomic E-state index is 13.0. The highest BCUT2D eigenvalue weighted by molar-refractivity contribution is 7.92. The van der Waals surface area contributed by atoms with Crippen LogP contribution < -0.4 is 10.2 Å². The number of hydrogen-bond donors (Lipinski definition) is 4. The number of benzene rings is 2. The Morgan fingerprint density at radius 1 is 1.10 bits per heavy atom. The molecular formula is C21H25N3O6S. The van der Waals surface area contributed by atoms with Crippen LogP contribution in [0.5, 0.6) is 0 Å². The normalized spacial score (nSPS) is 17.6. The van der Waals surface area contributed by atoms with E-state index in [1.165, 1.54) is 10.4 Å². The van der Waals surface area contributed by atoms with Crippen LogP contribution in [0.25, 0.3) is 0 Å². The lowest BCUT2D eigenvalue weighted by Gasteiger charge is -2.32. The third-order valence-corrected chi connectivity index (χ3v) is 5.73. The molecule has 0 fully saturated rings. The number of carbonyl (C=O) groups is 2. The summed E-state index contributed by atoms with van der Waals surface area (Å²) in [6.45, 7) is 0.162. The van der Waals surface area contributed by atoms with Gasteiger partial charge in [-0.1, -0.05) is 36.4 Å². The van der Waals surface area contributed by atoms with Crippen molar-refractivity contribution in [3.8, 4) is 0 Å². The second-order valence-corrected chi connectivity index (χ2v) is 9.29. The first kappa shape index (κ1) is 22.7. The summed E-state index contributed by atoms with van der Waals surface area (Å²) in [6.07, 6.45) is 0.361. The second kappa shape index (κ2) is 9.46. The summed E-state index contributed by atoms with van der Waals surface area (Å²) in [4.78, 5) is 25.9. The number of nitrogens with one attached hydrogen (secondary N) is 2. The predicted octanol–water partition coefficient (Wildman–Crippen LogP) is 1.33. The maximum Gasteiger partial charge on any atom is 0.243 e. The fourth-order valence-corrected chi connectivity index (χ4v) is 4.34. The van der Waals surface area contributed by atoms with E-state index in [0.717, 1.165) is 22.9 Å². The van der Waals surface area contributed by atoms with E-state index in [4.69, 9.17) is 5.21 Å². The van der Waals surface area contributed by atoms with Crippen molar-refractivity contribution >= 4 is 27.5 Å². The first-order chi connectivity index (χ1) is 14.7. The summed E-state index contributed by atoms with van der Waals surface area (Å²) in [5.41, 5.74) is 4.45. The molecule has 31 heavy (non-hydrogen) atoms. The Balaban J connectivity index is 1.86. The summed E-state index contributed by atoms with van der Waals surface area (Å²) < 4.78 is 25.2. The van der Waals surface area contributed by atoms with Crippen LogP contribution in [0, 0.1) is 0 Å². The highest BCUT2D eigenvalue weighted by atomic mass is 32.2. The van der Waals surface area contributed by atoms with Crippen LogP contribution in [0.3, 0.4) is 0 Å². The van der Waals surface area contributed by atoms with Crippen LogP contribution in [0.2, 0.25) is 0 Å². The minimum Gasteiger partial charge on any atom is -0.390 e. The summed E-state index contributed by atoms with van der Waals surface area (Å²) in [7, 11) is -3.40. The zero-order valence-corrected chi connectivity index (χ0v) is 17.8. The van der Waals surface area contributed by atoms with Gasteiger partial charge in [0.25, 0.3) is 0 Å². The lowest BCUT2D eigenvalue weighted by molar-refractivity contribution is -0.140. The molecule has 2 aromatic carbocycles. The molecule has 0 unspecified atom stereocenters. The number of amides is 2. The van der Waals surface area contributed by atoms with Crippen molar-refractivity contribution < 1.29 is 28.3 Å². The van der Waals surface area contributed by atoms with Crippen molar-refractivity contribution in [1.82, 2.24) is 10.4 Å². The fraction of sp³-hybridized carbons (Fsp3) is 0.333. The molecule has 2 amide bonds. The molecule has 166 valence electrons. The second-order valence-electron chi connectivity index (χ2n) is 7.54. The number of rotatable bonds is 8. The van der Waals surface area contributed by atoms with Crippen LogP contribution in [0.1, 0.15) is 35.6 Å². The number of anilines is 1. The van der Waals surface area contributed by atoms with Gasteiger partial charge >= 0.3 is 0 Å². The van der Waals surface area contributed by atoms with Gasteiger partial charge in [-0.15, -0.1) is 0 Å². The van der Waals surface area contributed by atoms with E-state index in [-0.39, 0.29) is 25.3 Å². The number of aliphatic hydroxyl groups excluding tert-OH is 1. The van der Waals surface area contributed by atoms with Gasteiger partial charge in [0.1, 0.15) is 0 Å². The molecule has 2 atom stereocenters. The van der Waals surface area contributed by atoms with Crippen LogP contribution in [0.15, 0.2) is 48.5 Å². The van der Waals surface area contributed by atoms with E-state index >= 15 is 0 Å². The van der Waals surface area contributed by atoms with Crippen LogP contribution in [-0.2, 0) is 32.6 Å². The summed E-state index contributed by atoms with van der Waals surface area (Å²) >= 11 is 0. The lowest BCUT2D eigenvalue weighted by Crippen LogP contribution is -2.39. The smallest absolute Gasteiger partial charge is 0.243 e. The van der Waals surface area contributed by atoms with Crippen molar-refractivity contribution in [1.29, 1.82) is 0 Å². The van der Waals surface area contributed by atoms with Gasteiger partial charge in [0.2, 0.25) is 21.8 Å². The molecule has 0 saturated carbocycles. The molecule has 9 nitrogen and oxygen atoms in total. The molecule has 3 rings (SSSR count). The van der Waals surface area contributed by atoms with Crippen molar-refractivity contribution in [2.24, 2.45) is 0 Å². The Morgan fingerprint density at radius 3 is 2.42 bits per heavy atom. The molecule has 0 aliphatic heterocycles. The molecule has 0 aromatic heterocycles. The molecule has 0 saturated heterocycles. The standard InChI is InChI=1S/C21H25N3O6S/c1-31(29,30)23-16-8-6-14(7-9-16)13-24(20(27)11-10-19(26)22-28)21-17-5-3-2-4-15(17)12-18(21)25/h2-9,18,21,23,25,28H,10-13H2,1H3,(H,22,26)/t18-,21+/m1/s1. The van der Waals surface area contributed by atoms with E-state index in [1.807, 2.05) is 24.3 Å². The Morgan fingerprint density at radius 2 is 1.77 bits per heavy atom. The molecule has 0 heterocycles. The molecule has 0 spiro atoms. The molecule has 0 radical (unpaired) electrons. The fourth-order valence-electron chi connectivity index (χ4n) is 3.78. The average molecular weight is 448 g/mol. The Hall–Kier alpha value is -2.95. The van der Waals surface area contributed by atoms with Gasteiger partial charge in [0.05, 0.1) is 18.4 Å². The van der Waals surface area contributed by atoms with E-state index in [0.29, 0.717) is 12.1 Å². The molecule has 1 aliphatic carbocycles. The van der Waals surface area contributed by atoms with E-state index in [2.05, 4.69) is 4.72 Å². The van der Waals surface area contributed by atoms with Gasteiger partial charge in [0, 0.05) is 31.5 Å². The largest absolute Gasteiger partial charge is 0.390 e. The number of fused-ring (bicyclic) bond motifs is 1. The number of aliphatic hydroxyl groups is 1. The number of hydroxylamine groups is 1. The third kappa shape index (κ3) is 5.81. The number of nitrogens with zero attached hydrogens (tertiary/aromatic N) is 1. The minimum absolute atomic E-state index is 0.133. The van der Waals surface area contributed by atoms with Crippen molar-refractivity contribution in [2.75, 3.05) is 11.0 Å². The molecular weight excluding hydrogens is 422 g/mol. The van der Waals surface area contributed by atoms with Crippen molar-refractivity contribution in [3.63, 3.8) is 0 Å². The zero-order valence-electron chi connectivity index (χ0n) is 17.0. The van der Waals surface area contributed by atoms with E-state index in [1.54, 1.807) is 24.3 Å². The highest BCUT2D eigenvalue weighted by Gasteiger charge is 2.37. The number of carbonyl (C=O) groups excluding carboxylic acids is 2. The van der Waals surface area contributed by atoms with Crippen LogP contribution in [-0.4, -0.2) is 47.8 Å². The number of hydrogen-bond acceptors (Lipinski definition) is 6. The highest BCUT2D eigenvalue weighted by Crippen LogP contribution is 2.37. The van der Waals surface area contributed by atoms with Crippen LogP contribution in [0.4, 0.5) is 5.69 Å². The van der Waals surface area contributed by atoms with Gasteiger partial charge in [-0.25, -0.2) is 13.9 Å². The maximum absolute atomic E-state index is 13.0. The Kier molecular flexibility index (Phi) is 6.94. The van der Waals surface area contributed by atoms with Gasteiger partial charge < -0.3 is 10.0 Å². The van der Waals surface area contributed by atoms with Gasteiger partial charge in [-0.05, 0) is 28.8 Å². The SMILES string of the molecule is CS(=O)(=O)Nc1ccc(CN(C(=O)CCC(=O)NO)[C@H]2c3ccccc3C[C@H]2O)cc1. The first-order valence-corrected chi connectivity index (χ1v) is 11.6. The number of sulfonamides is 1. The van der Waals surface area contributed by atoms with Crippen molar-refractivity contribution in [3.05, 3.63) is 65.2 Å². The molecule has 0 bridgehead atoms. The van der Waals surface area contributed by atoms with Crippen LogP contribution >= 0.6 is 0 Å². The van der Waals surface area contributed by atoms with E-state index < -0.39 is 28.1 Å². The minimum atomic E-state index is -3.40. The average Bonchev–Trinajstić information content (AvgIpc) is 3.05. The third-order valence-electron chi connectivity index (χ3n) is 5.12. The Labute approximate surface area is 180 Å². The van der Waals surface area contributed by atoms with E-state index in [9.17, 15) is 23.1 Å². The zero-order chi connectivity index (χ0) is 22.6. The van der Waals surface area contributed by atoms with Gasteiger partial charge in [0.15, 0.2) is 0 Å². The van der Waals surface area contributed by atoms with Gasteiger partial charge in [-0.3, -0.25) is 19.5 Å². The molecule has 2 aromatic rings. The Bertz CT molecular complexity index is 1060. The summed E-state index contributed by atoms with van der Waals surface area (Å²) in [5.74, 6) is -1.01. The molecule has 10 heteroatoms. The predicted molar refractivity (Wildman–Crippen MR) is 114 cm³/mol. The first-order valence-electron chi connectivity index (χ1n) is 9.73. The van der Waals surface area contributed by atoms with Gasteiger partial charge in [-0.2, -0.15) is 0 Å². The molecule has 4 N–H and O–H groups in total. The monoisotopic (exact) mass is 447 g/mol. The summed E-state index contributed by atoms with van der Waals surface area (Å²) in [6, 6.07) is 13.5. The lowest BCUT2D eigenvalue weighted by atomic mass is 10.0. The summed E-state index contributed by atoms with van der Waals surface area (Å²) in [5, 5.41) is 19.4. The quantitative estimate of drug-likeness (QED) is 0.356. The topological polar surface area (TPSA) is 136 Å². The molecule has 1 aliphatic rings. The van der Waals surface area contributed by atoms with Crippen molar-refractivity contribution in [2.45, 2.75) is 38.0 Å².